The fourth-order valence-electron chi connectivity index (χ4n) is 2.05. The van der Waals surface area contributed by atoms with E-state index in [9.17, 15) is 4.79 Å². The van der Waals surface area contributed by atoms with Gasteiger partial charge in [0.05, 0.1) is 6.61 Å². The molecule has 19 heavy (non-hydrogen) atoms. The molecule has 1 saturated heterocycles. The zero-order valence-corrected chi connectivity index (χ0v) is 12.2. The molecule has 1 aromatic heterocycles. The van der Waals surface area contributed by atoms with Crippen LogP contribution in [0.5, 0.6) is 0 Å². The summed E-state index contributed by atoms with van der Waals surface area (Å²) >= 11 is 1.60. The summed E-state index contributed by atoms with van der Waals surface area (Å²) in [5.74, 6) is 0. The van der Waals surface area contributed by atoms with Gasteiger partial charge >= 0.3 is 6.09 Å². The van der Waals surface area contributed by atoms with Crippen LogP contribution in [0.4, 0.5) is 9.93 Å². The highest BCUT2D eigenvalue weighted by Crippen LogP contribution is 2.20. The molecule has 0 spiro atoms. The molecule has 1 N–H and O–H groups in total. The smallest absolute Gasteiger partial charge is 0.409 e. The van der Waals surface area contributed by atoms with Crippen LogP contribution in [-0.4, -0.2) is 46.9 Å². The fraction of sp³-hybridized carbons (Fsp3) is 0.750. The molecule has 106 valence electrons. The lowest BCUT2D eigenvalue weighted by molar-refractivity contribution is 0.0983. The summed E-state index contributed by atoms with van der Waals surface area (Å²) in [5, 5.41) is 13.5. The molecule has 1 fully saturated rings. The highest BCUT2D eigenvalue weighted by atomic mass is 32.1. The number of rotatable bonds is 4. The third kappa shape index (κ3) is 3.79. The molecule has 0 aliphatic carbocycles. The molecule has 0 unspecified atom stereocenters. The Morgan fingerprint density at radius 3 is 2.74 bits per heavy atom. The molecule has 2 rings (SSSR count). The Morgan fingerprint density at radius 1 is 1.42 bits per heavy atom. The topological polar surface area (TPSA) is 67.3 Å². The van der Waals surface area contributed by atoms with Gasteiger partial charge in [-0.05, 0) is 26.2 Å². The number of hydrogen-bond donors (Lipinski definition) is 1. The van der Waals surface area contributed by atoms with Crippen LogP contribution in [0, 0.1) is 0 Å². The van der Waals surface area contributed by atoms with Crippen molar-refractivity contribution < 1.29 is 9.53 Å². The summed E-state index contributed by atoms with van der Waals surface area (Å²) in [6, 6.07) is 0.364. The van der Waals surface area contributed by atoms with E-state index in [1.165, 1.54) is 0 Å². The van der Waals surface area contributed by atoms with Crippen LogP contribution in [0.15, 0.2) is 0 Å². The van der Waals surface area contributed by atoms with E-state index in [0.29, 0.717) is 12.6 Å². The number of piperidine rings is 1. The number of carbonyl (C=O) groups excluding carboxylic acids is 1. The maximum atomic E-state index is 11.6. The molecule has 2 heterocycles. The second-order valence-corrected chi connectivity index (χ2v) is 5.52. The van der Waals surface area contributed by atoms with Gasteiger partial charge in [-0.15, -0.1) is 10.2 Å². The van der Waals surface area contributed by atoms with Gasteiger partial charge in [0.15, 0.2) is 0 Å². The summed E-state index contributed by atoms with van der Waals surface area (Å²) in [6.07, 6.45) is 2.55. The highest BCUT2D eigenvalue weighted by Gasteiger charge is 2.24. The van der Waals surface area contributed by atoms with Crippen molar-refractivity contribution in [3.63, 3.8) is 0 Å². The number of ether oxygens (including phenoxy) is 1. The van der Waals surface area contributed by atoms with Crippen LogP contribution in [-0.2, 0) is 11.2 Å². The van der Waals surface area contributed by atoms with Crippen LogP contribution in [0.2, 0.25) is 0 Å². The number of aryl methyl sites for hydroxylation is 1. The number of hydrogen-bond acceptors (Lipinski definition) is 6. The third-order valence-electron chi connectivity index (χ3n) is 3.12. The molecule has 6 nitrogen and oxygen atoms in total. The van der Waals surface area contributed by atoms with Crippen LogP contribution in [0.3, 0.4) is 0 Å². The largest absolute Gasteiger partial charge is 0.450 e. The molecule has 1 aliphatic rings. The van der Waals surface area contributed by atoms with Crippen molar-refractivity contribution in [3.8, 4) is 0 Å². The van der Waals surface area contributed by atoms with E-state index in [1.807, 2.05) is 6.92 Å². The summed E-state index contributed by atoms with van der Waals surface area (Å²) < 4.78 is 5.00. The Balaban J connectivity index is 1.78. The molecular weight excluding hydrogens is 264 g/mol. The van der Waals surface area contributed by atoms with Gasteiger partial charge in [0, 0.05) is 19.1 Å². The SMILES string of the molecule is CCOC(=O)N1CCC(Nc2nnc(CC)s2)CC1. The molecule has 0 bridgehead atoms. The number of anilines is 1. The van der Waals surface area contributed by atoms with Gasteiger partial charge in [-0.2, -0.15) is 0 Å². The lowest BCUT2D eigenvalue weighted by Gasteiger charge is -2.31. The molecule has 1 aliphatic heterocycles. The Labute approximate surface area is 117 Å². The average Bonchev–Trinajstić information content (AvgIpc) is 2.87. The second kappa shape index (κ2) is 6.70. The van der Waals surface area contributed by atoms with E-state index in [2.05, 4.69) is 22.4 Å². The third-order valence-corrected chi connectivity index (χ3v) is 4.12. The molecule has 0 atom stereocenters. The first-order valence-electron chi connectivity index (χ1n) is 6.73. The van der Waals surface area contributed by atoms with Crippen molar-refractivity contribution in [1.82, 2.24) is 15.1 Å². The maximum absolute atomic E-state index is 11.6. The Bertz CT molecular complexity index is 416. The zero-order valence-electron chi connectivity index (χ0n) is 11.4. The number of aromatic nitrogens is 2. The number of nitrogens with zero attached hydrogens (tertiary/aromatic N) is 3. The van der Waals surface area contributed by atoms with Crippen LogP contribution >= 0.6 is 11.3 Å². The molecule has 7 heteroatoms. The molecule has 0 radical (unpaired) electrons. The van der Waals surface area contributed by atoms with Crippen molar-refractivity contribution in [2.24, 2.45) is 0 Å². The van der Waals surface area contributed by atoms with Crippen LogP contribution in [0.25, 0.3) is 0 Å². The Hall–Kier alpha value is -1.37. The lowest BCUT2D eigenvalue weighted by atomic mass is 10.1. The van der Waals surface area contributed by atoms with Gasteiger partial charge in [-0.25, -0.2) is 4.79 Å². The second-order valence-electron chi connectivity index (χ2n) is 4.46. The highest BCUT2D eigenvalue weighted by molar-refractivity contribution is 7.15. The molecule has 1 amide bonds. The van der Waals surface area contributed by atoms with Gasteiger partial charge < -0.3 is 15.0 Å². The molecule has 1 aromatic rings. The van der Waals surface area contributed by atoms with Gasteiger partial charge in [0.1, 0.15) is 5.01 Å². The van der Waals surface area contributed by atoms with Crippen LogP contribution in [0.1, 0.15) is 31.7 Å². The predicted molar refractivity (Wildman–Crippen MR) is 74.5 cm³/mol. The normalized spacial score (nSPS) is 16.4. The van der Waals surface area contributed by atoms with Crippen molar-refractivity contribution in [1.29, 1.82) is 0 Å². The minimum atomic E-state index is -0.204. The Morgan fingerprint density at radius 2 is 2.16 bits per heavy atom. The maximum Gasteiger partial charge on any atom is 0.409 e. The van der Waals surface area contributed by atoms with E-state index < -0.39 is 0 Å². The lowest BCUT2D eigenvalue weighted by Crippen LogP contribution is -2.42. The van der Waals surface area contributed by atoms with E-state index in [4.69, 9.17) is 4.74 Å². The zero-order chi connectivity index (χ0) is 13.7. The average molecular weight is 284 g/mol. The fourth-order valence-corrected chi connectivity index (χ4v) is 2.81. The quantitative estimate of drug-likeness (QED) is 0.917. The van der Waals surface area contributed by atoms with E-state index in [0.717, 1.165) is 42.5 Å². The first kappa shape index (κ1) is 14.0. The number of likely N-dealkylation sites (tertiary alicyclic amines) is 1. The first-order chi connectivity index (χ1) is 9.22. The summed E-state index contributed by atoms with van der Waals surface area (Å²) in [4.78, 5) is 13.3. The van der Waals surface area contributed by atoms with Gasteiger partial charge in [0.25, 0.3) is 0 Å². The summed E-state index contributed by atoms with van der Waals surface area (Å²) in [5.41, 5.74) is 0. The molecule has 0 saturated carbocycles. The van der Waals surface area contributed by atoms with E-state index in [1.54, 1.807) is 16.2 Å². The minimum absolute atomic E-state index is 0.204. The standard InChI is InChI=1S/C12H20N4O2S/c1-3-10-14-15-11(19-10)13-9-5-7-16(8-6-9)12(17)18-4-2/h9H,3-8H2,1-2H3,(H,13,15). The number of carbonyl (C=O) groups is 1. The predicted octanol–water partition coefficient (Wildman–Crippen LogP) is 2.13. The van der Waals surface area contributed by atoms with Crippen molar-refractivity contribution in [3.05, 3.63) is 5.01 Å². The van der Waals surface area contributed by atoms with E-state index in [-0.39, 0.29) is 6.09 Å². The monoisotopic (exact) mass is 284 g/mol. The molecule has 0 aromatic carbocycles. The number of amides is 1. The van der Waals surface area contributed by atoms with Crippen LogP contribution < -0.4 is 5.32 Å². The van der Waals surface area contributed by atoms with Crippen molar-refractivity contribution >= 4 is 22.6 Å². The Kier molecular flexibility index (Phi) is 4.95. The van der Waals surface area contributed by atoms with Gasteiger partial charge in [-0.1, -0.05) is 18.3 Å². The first-order valence-corrected chi connectivity index (χ1v) is 7.55. The van der Waals surface area contributed by atoms with Crippen molar-refractivity contribution in [2.75, 3.05) is 25.0 Å². The number of nitrogens with one attached hydrogen (secondary N) is 1. The van der Waals surface area contributed by atoms with Crippen molar-refractivity contribution in [2.45, 2.75) is 39.2 Å². The molecular formula is C12H20N4O2S. The summed E-state index contributed by atoms with van der Waals surface area (Å²) in [6.45, 7) is 5.79. The summed E-state index contributed by atoms with van der Waals surface area (Å²) in [7, 11) is 0. The van der Waals surface area contributed by atoms with Gasteiger partial charge in [0.2, 0.25) is 5.13 Å². The van der Waals surface area contributed by atoms with E-state index >= 15 is 0 Å². The minimum Gasteiger partial charge on any atom is -0.450 e. The van der Waals surface area contributed by atoms with Gasteiger partial charge in [-0.3, -0.25) is 0 Å².